The Morgan fingerprint density at radius 1 is 1.22 bits per heavy atom. The summed E-state index contributed by atoms with van der Waals surface area (Å²) in [7, 11) is 1.76. The van der Waals surface area contributed by atoms with Gasteiger partial charge in [0.25, 0.3) is 0 Å². The van der Waals surface area contributed by atoms with Crippen LogP contribution in [0.4, 0.5) is 0 Å². The van der Waals surface area contributed by atoms with Crippen LogP contribution in [0.2, 0.25) is 0 Å². The molecule has 2 heteroatoms. The van der Waals surface area contributed by atoms with Crippen molar-refractivity contribution in [3.63, 3.8) is 0 Å². The number of benzene rings is 1. The van der Waals surface area contributed by atoms with E-state index in [1.54, 1.807) is 7.11 Å². The summed E-state index contributed by atoms with van der Waals surface area (Å²) in [5.41, 5.74) is 8.58. The number of nitrogens with two attached hydrogens (primary N) is 1. The molecule has 18 heavy (non-hydrogen) atoms. The van der Waals surface area contributed by atoms with E-state index in [2.05, 4.69) is 25.1 Å². The fourth-order valence-corrected chi connectivity index (χ4v) is 3.21. The SMILES string of the molecule is COc1ccc(C)cc1CC1CCCCC1CN. The minimum atomic E-state index is 0.698. The first-order chi connectivity index (χ1) is 8.74. The van der Waals surface area contributed by atoms with Gasteiger partial charge in [0.2, 0.25) is 0 Å². The van der Waals surface area contributed by atoms with E-state index in [4.69, 9.17) is 10.5 Å². The van der Waals surface area contributed by atoms with Gasteiger partial charge in [-0.25, -0.2) is 0 Å². The minimum Gasteiger partial charge on any atom is -0.496 e. The zero-order valence-corrected chi connectivity index (χ0v) is 11.6. The lowest BCUT2D eigenvalue weighted by atomic mass is 9.76. The molecule has 2 nitrogen and oxygen atoms in total. The molecule has 2 rings (SSSR count). The van der Waals surface area contributed by atoms with Gasteiger partial charge in [-0.15, -0.1) is 0 Å². The molecule has 0 bridgehead atoms. The summed E-state index contributed by atoms with van der Waals surface area (Å²) in [5, 5.41) is 0. The highest BCUT2D eigenvalue weighted by Gasteiger charge is 2.24. The van der Waals surface area contributed by atoms with E-state index >= 15 is 0 Å². The monoisotopic (exact) mass is 247 g/mol. The molecule has 1 fully saturated rings. The van der Waals surface area contributed by atoms with E-state index in [1.165, 1.54) is 36.8 Å². The maximum atomic E-state index is 5.92. The highest BCUT2D eigenvalue weighted by Crippen LogP contribution is 2.34. The lowest BCUT2D eigenvalue weighted by molar-refractivity contribution is 0.240. The number of hydrogen-bond donors (Lipinski definition) is 1. The first-order valence-corrected chi connectivity index (χ1v) is 7.08. The van der Waals surface area contributed by atoms with Crippen molar-refractivity contribution in [3.8, 4) is 5.75 Å². The first kappa shape index (κ1) is 13.4. The fourth-order valence-electron chi connectivity index (χ4n) is 3.21. The van der Waals surface area contributed by atoms with E-state index in [0.29, 0.717) is 5.92 Å². The number of methoxy groups -OCH3 is 1. The van der Waals surface area contributed by atoms with Crippen molar-refractivity contribution in [2.75, 3.05) is 13.7 Å². The molecule has 0 amide bonds. The Labute approximate surface area is 111 Å². The molecular weight excluding hydrogens is 222 g/mol. The molecule has 0 aliphatic heterocycles. The van der Waals surface area contributed by atoms with Gasteiger partial charge in [-0.1, -0.05) is 30.5 Å². The van der Waals surface area contributed by atoms with Crippen LogP contribution in [0.25, 0.3) is 0 Å². The van der Waals surface area contributed by atoms with Crippen LogP contribution in [0.3, 0.4) is 0 Å². The van der Waals surface area contributed by atoms with E-state index in [1.807, 2.05) is 0 Å². The molecule has 0 spiro atoms. The van der Waals surface area contributed by atoms with Crippen molar-refractivity contribution in [3.05, 3.63) is 29.3 Å². The fraction of sp³-hybridized carbons (Fsp3) is 0.625. The Kier molecular flexibility index (Phi) is 4.65. The molecule has 2 N–H and O–H groups in total. The summed E-state index contributed by atoms with van der Waals surface area (Å²) in [5.74, 6) is 2.46. The van der Waals surface area contributed by atoms with Gasteiger partial charge in [-0.05, 0) is 56.2 Å². The summed E-state index contributed by atoms with van der Waals surface area (Å²) >= 11 is 0. The first-order valence-electron chi connectivity index (χ1n) is 7.08. The van der Waals surface area contributed by atoms with Crippen LogP contribution in [0.15, 0.2) is 18.2 Å². The third-order valence-corrected chi connectivity index (χ3v) is 4.29. The second kappa shape index (κ2) is 6.24. The molecule has 1 aliphatic rings. The summed E-state index contributed by atoms with van der Waals surface area (Å²) in [4.78, 5) is 0. The van der Waals surface area contributed by atoms with Crippen LogP contribution < -0.4 is 10.5 Å². The molecule has 1 aliphatic carbocycles. The highest BCUT2D eigenvalue weighted by molar-refractivity contribution is 5.37. The van der Waals surface area contributed by atoms with Crippen molar-refractivity contribution >= 4 is 0 Å². The summed E-state index contributed by atoms with van der Waals surface area (Å²) in [6.45, 7) is 2.98. The molecule has 1 saturated carbocycles. The van der Waals surface area contributed by atoms with Crippen LogP contribution >= 0.6 is 0 Å². The quantitative estimate of drug-likeness (QED) is 0.886. The van der Waals surface area contributed by atoms with Gasteiger partial charge in [-0.2, -0.15) is 0 Å². The van der Waals surface area contributed by atoms with Gasteiger partial charge in [0.05, 0.1) is 7.11 Å². The molecule has 1 aromatic rings. The summed E-state index contributed by atoms with van der Waals surface area (Å²) in [6.07, 6.45) is 6.44. The summed E-state index contributed by atoms with van der Waals surface area (Å²) < 4.78 is 5.48. The van der Waals surface area contributed by atoms with Crippen LogP contribution in [0.5, 0.6) is 5.75 Å². The molecule has 1 aromatic carbocycles. The van der Waals surface area contributed by atoms with Gasteiger partial charge >= 0.3 is 0 Å². The number of hydrogen-bond acceptors (Lipinski definition) is 2. The van der Waals surface area contributed by atoms with Crippen molar-refractivity contribution in [2.45, 2.75) is 39.0 Å². The number of rotatable bonds is 4. The van der Waals surface area contributed by atoms with E-state index in [9.17, 15) is 0 Å². The lowest BCUT2D eigenvalue weighted by Crippen LogP contribution is -2.28. The second-order valence-electron chi connectivity index (χ2n) is 5.56. The van der Waals surface area contributed by atoms with Gasteiger partial charge in [-0.3, -0.25) is 0 Å². The van der Waals surface area contributed by atoms with Gasteiger partial charge in [0.1, 0.15) is 5.75 Å². The van der Waals surface area contributed by atoms with Crippen molar-refractivity contribution in [1.82, 2.24) is 0 Å². The largest absolute Gasteiger partial charge is 0.496 e. The minimum absolute atomic E-state index is 0.698. The Morgan fingerprint density at radius 3 is 2.61 bits per heavy atom. The topological polar surface area (TPSA) is 35.2 Å². The standard InChI is InChI=1S/C16H25NO/c1-12-7-8-16(18-2)15(9-12)10-13-5-3-4-6-14(13)11-17/h7-9,13-14H,3-6,10-11,17H2,1-2H3. The maximum Gasteiger partial charge on any atom is 0.122 e. The maximum absolute atomic E-state index is 5.92. The molecule has 0 heterocycles. The molecule has 100 valence electrons. The lowest BCUT2D eigenvalue weighted by Gasteiger charge is -2.31. The Bertz CT molecular complexity index is 389. The van der Waals surface area contributed by atoms with Crippen LogP contribution in [0.1, 0.15) is 36.8 Å². The third kappa shape index (κ3) is 3.05. The van der Waals surface area contributed by atoms with Crippen molar-refractivity contribution in [1.29, 1.82) is 0 Å². The zero-order valence-electron chi connectivity index (χ0n) is 11.6. The van der Waals surface area contributed by atoms with Crippen LogP contribution in [-0.2, 0) is 6.42 Å². The zero-order chi connectivity index (χ0) is 13.0. The Morgan fingerprint density at radius 2 is 1.94 bits per heavy atom. The number of ether oxygens (including phenoxy) is 1. The predicted molar refractivity (Wildman–Crippen MR) is 75.9 cm³/mol. The highest BCUT2D eigenvalue weighted by atomic mass is 16.5. The van der Waals surface area contributed by atoms with Crippen molar-refractivity contribution < 1.29 is 4.74 Å². The van der Waals surface area contributed by atoms with E-state index in [-0.39, 0.29) is 0 Å². The molecular formula is C16H25NO. The van der Waals surface area contributed by atoms with Gasteiger partial charge in [0.15, 0.2) is 0 Å². The second-order valence-corrected chi connectivity index (χ2v) is 5.56. The molecule has 0 saturated heterocycles. The average molecular weight is 247 g/mol. The van der Waals surface area contributed by atoms with E-state index < -0.39 is 0 Å². The smallest absolute Gasteiger partial charge is 0.122 e. The third-order valence-electron chi connectivity index (χ3n) is 4.29. The Balaban J connectivity index is 2.14. The van der Waals surface area contributed by atoms with Gasteiger partial charge < -0.3 is 10.5 Å². The van der Waals surface area contributed by atoms with Crippen LogP contribution in [0, 0.1) is 18.8 Å². The molecule has 2 unspecified atom stereocenters. The Hall–Kier alpha value is -1.02. The van der Waals surface area contributed by atoms with Gasteiger partial charge in [0, 0.05) is 0 Å². The van der Waals surface area contributed by atoms with Crippen molar-refractivity contribution in [2.24, 2.45) is 17.6 Å². The normalized spacial score (nSPS) is 23.9. The predicted octanol–water partition coefficient (Wildman–Crippen LogP) is 3.31. The molecule has 2 atom stereocenters. The summed E-state index contributed by atoms with van der Waals surface area (Å²) in [6, 6.07) is 6.47. The average Bonchev–Trinajstić information content (AvgIpc) is 2.40. The number of aryl methyl sites for hydroxylation is 1. The van der Waals surface area contributed by atoms with E-state index in [0.717, 1.165) is 24.6 Å². The van der Waals surface area contributed by atoms with Crippen LogP contribution in [-0.4, -0.2) is 13.7 Å². The molecule has 0 aromatic heterocycles. The molecule has 0 radical (unpaired) electrons.